The van der Waals surface area contributed by atoms with E-state index in [4.69, 9.17) is 20.9 Å². The molecule has 6 heteroatoms. The number of hydrogen-bond acceptors (Lipinski definition) is 4. The van der Waals surface area contributed by atoms with Crippen molar-refractivity contribution < 1.29 is 18.3 Å². The third-order valence-electron chi connectivity index (χ3n) is 11.3. The van der Waals surface area contributed by atoms with Gasteiger partial charge in [-0.1, -0.05) is 82.1 Å². The van der Waals surface area contributed by atoms with Crippen molar-refractivity contribution in [2.75, 3.05) is 11.5 Å². The van der Waals surface area contributed by atoms with Crippen molar-refractivity contribution in [3.63, 3.8) is 0 Å². The maximum absolute atomic E-state index is 14.9. The smallest absolute Gasteiger partial charge is 0.167 e. The summed E-state index contributed by atoms with van der Waals surface area (Å²) in [6.45, 7) is 0. The van der Waals surface area contributed by atoms with E-state index in [0.717, 1.165) is 62.9 Å². The molecule has 7 rings (SSSR count). The number of rotatable bonds is 8. The van der Waals surface area contributed by atoms with Crippen LogP contribution in [0.5, 0.6) is 23.0 Å². The molecule has 4 nitrogen and oxygen atoms in total. The summed E-state index contributed by atoms with van der Waals surface area (Å²) >= 11 is 0. The van der Waals surface area contributed by atoms with Crippen LogP contribution in [-0.4, -0.2) is 0 Å². The molecule has 4 aromatic carbocycles. The Morgan fingerprint density at radius 3 is 1.29 bits per heavy atom. The Hall–Kier alpha value is -4.06. The Morgan fingerprint density at radius 2 is 0.875 bits per heavy atom. The Bertz CT molecular complexity index is 1620. The molecule has 0 radical (unpaired) electrons. The monoisotopic (exact) mass is 650 g/mol. The topological polar surface area (TPSA) is 70.5 Å². The zero-order valence-electron chi connectivity index (χ0n) is 27.9. The fourth-order valence-corrected chi connectivity index (χ4v) is 8.68. The first-order chi connectivity index (χ1) is 23.4. The van der Waals surface area contributed by atoms with Crippen LogP contribution in [0.3, 0.4) is 0 Å². The molecule has 3 aliphatic carbocycles. The van der Waals surface area contributed by atoms with Crippen molar-refractivity contribution in [2.45, 2.75) is 114 Å². The molecule has 0 unspecified atom stereocenters. The van der Waals surface area contributed by atoms with Gasteiger partial charge in [0.15, 0.2) is 23.1 Å². The zero-order chi connectivity index (χ0) is 33.1. The maximum atomic E-state index is 14.9. The van der Waals surface area contributed by atoms with Gasteiger partial charge in [-0.15, -0.1) is 0 Å². The molecular formula is C42H48F2N2O2. The van der Waals surface area contributed by atoms with Gasteiger partial charge in [0, 0.05) is 28.9 Å². The van der Waals surface area contributed by atoms with E-state index in [1.54, 1.807) is 24.3 Å². The zero-order valence-corrected chi connectivity index (χ0v) is 27.9. The lowest BCUT2D eigenvalue weighted by atomic mass is 9.64. The second kappa shape index (κ2) is 14.2. The summed E-state index contributed by atoms with van der Waals surface area (Å²) in [6.07, 6.45) is 17.3. The number of halogens is 2. The van der Waals surface area contributed by atoms with Crippen LogP contribution in [0.25, 0.3) is 0 Å². The van der Waals surface area contributed by atoms with Crippen LogP contribution < -0.4 is 20.9 Å². The van der Waals surface area contributed by atoms with Gasteiger partial charge >= 0.3 is 0 Å². The molecule has 0 bridgehead atoms. The highest BCUT2D eigenvalue weighted by molar-refractivity contribution is 5.53. The second-order valence-electron chi connectivity index (χ2n) is 14.4. The van der Waals surface area contributed by atoms with Gasteiger partial charge in [0.1, 0.15) is 11.5 Å². The Morgan fingerprint density at radius 1 is 0.479 bits per heavy atom. The minimum absolute atomic E-state index is 0.166. The lowest BCUT2D eigenvalue weighted by Crippen LogP contribution is -2.31. The second-order valence-corrected chi connectivity index (χ2v) is 14.4. The molecule has 0 saturated heterocycles. The van der Waals surface area contributed by atoms with E-state index in [1.165, 1.54) is 79.3 Å². The number of hydrogen-bond donors (Lipinski definition) is 2. The molecule has 3 saturated carbocycles. The van der Waals surface area contributed by atoms with E-state index in [9.17, 15) is 8.78 Å². The minimum Gasteiger partial charge on any atom is -0.454 e. The van der Waals surface area contributed by atoms with Crippen molar-refractivity contribution in [3.8, 4) is 23.0 Å². The van der Waals surface area contributed by atoms with Crippen molar-refractivity contribution >= 4 is 11.4 Å². The van der Waals surface area contributed by atoms with Crippen LogP contribution >= 0.6 is 0 Å². The lowest BCUT2D eigenvalue weighted by Gasteiger charge is -2.40. The summed E-state index contributed by atoms with van der Waals surface area (Å²) in [6, 6.07) is 22.6. The van der Waals surface area contributed by atoms with Crippen LogP contribution in [-0.2, 0) is 5.41 Å². The van der Waals surface area contributed by atoms with Crippen molar-refractivity contribution in [3.05, 3.63) is 107 Å². The van der Waals surface area contributed by atoms with Crippen LogP contribution in [0, 0.1) is 11.6 Å². The first kappa shape index (κ1) is 32.5. The number of benzene rings is 4. The van der Waals surface area contributed by atoms with Gasteiger partial charge in [-0.05, 0) is 109 Å². The molecule has 0 heterocycles. The van der Waals surface area contributed by atoms with Gasteiger partial charge in [-0.25, -0.2) is 8.78 Å². The quantitative estimate of drug-likeness (QED) is 0.186. The molecule has 0 aliphatic heterocycles. The van der Waals surface area contributed by atoms with E-state index < -0.39 is 11.6 Å². The van der Waals surface area contributed by atoms with E-state index in [1.807, 2.05) is 0 Å². The Kier molecular flexibility index (Phi) is 9.61. The third-order valence-corrected chi connectivity index (χ3v) is 11.3. The standard InChI is InChI=1S/C42H48F2N2O2/c43-36-26-32(45)16-20-40(36)47-38-18-14-30(24-34(38)28-10-4-1-5-11-28)42(22-8-3-9-23-42)31-15-19-39(35(25-31)29-12-6-2-7-13-29)48-41-21-17-33(46)27-37(41)44/h14-21,24-29H,1-13,22-23,45-46H2. The summed E-state index contributed by atoms with van der Waals surface area (Å²) in [5.74, 6) is 1.71. The van der Waals surface area contributed by atoms with Gasteiger partial charge in [0.25, 0.3) is 0 Å². The normalized spacial score (nSPS) is 18.8. The molecular weight excluding hydrogens is 602 g/mol. The van der Waals surface area contributed by atoms with Crippen LogP contribution in [0.15, 0.2) is 72.8 Å². The number of nitrogens with two attached hydrogens (primary N) is 2. The van der Waals surface area contributed by atoms with E-state index in [2.05, 4.69) is 36.4 Å². The summed E-state index contributed by atoms with van der Waals surface area (Å²) in [5.41, 5.74) is 17.2. The molecule has 0 atom stereocenters. The van der Waals surface area contributed by atoms with Crippen molar-refractivity contribution in [1.29, 1.82) is 0 Å². The average molecular weight is 651 g/mol. The SMILES string of the molecule is Nc1ccc(Oc2ccc(C3(c4ccc(Oc5ccc(N)cc5F)c(C5CCCCC5)c4)CCCCC3)cc2C2CCCCC2)c(F)c1. The number of anilines is 2. The highest BCUT2D eigenvalue weighted by Crippen LogP contribution is 2.50. The third kappa shape index (κ3) is 6.76. The number of nitrogen functional groups attached to an aromatic ring is 2. The molecule has 3 fully saturated rings. The summed E-state index contributed by atoms with van der Waals surface area (Å²) in [4.78, 5) is 0. The van der Waals surface area contributed by atoms with Crippen LogP contribution in [0.2, 0.25) is 0 Å². The van der Waals surface area contributed by atoms with E-state index in [0.29, 0.717) is 23.2 Å². The van der Waals surface area contributed by atoms with Crippen LogP contribution in [0.4, 0.5) is 20.2 Å². The van der Waals surface area contributed by atoms with Gasteiger partial charge in [0.2, 0.25) is 0 Å². The largest absolute Gasteiger partial charge is 0.454 e. The fourth-order valence-electron chi connectivity index (χ4n) is 8.68. The predicted molar refractivity (Wildman–Crippen MR) is 190 cm³/mol. The van der Waals surface area contributed by atoms with Gasteiger partial charge in [0.05, 0.1) is 0 Å². The minimum atomic E-state index is -0.450. The molecule has 252 valence electrons. The molecule has 3 aliphatic rings. The summed E-state index contributed by atoms with van der Waals surface area (Å²) < 4.78 is 42.5. The van der Waals surface area contributed by atoms with E-state index in [-0.39, 0.29) is 16.9 Å². The van der Waals surface area contributed by atoms with Crippen molar-refractivity contribution in [2.24, 2.45) is 0 Å². The fraction of sp³-hybridized carbons (Fsp3) is 0.429. The van der Waals surface area contributed by atoms with Gasteiger partial charge in [-0.2, -0.15) is 0 Å². The molecule has 0 amide bonds. The van der Waals surface area contributed by atoms with Gasteiger partial charge in [-0.3, -0.25) is 0 Å². The molecule has 4 aromatic rings. The van der Waals surface area contributed by atoms with Crippen LogP contribution in [0.1, 0.15) is 130 Å². The summed E-state index contributed by atoms with van der Waals surface area (Å²) in [5, 5.41) is 0. The summed E-state index contributed by atoms with van der Waals surface area (Å²) in [7, 11) is 0. The first-order valence-electron chi connectivity index (χ1n) is 18.1. The molecule has 0 spiro atoms. The highest BCUT2D eigenvalue weighted by atomic mass is 19.1. The maximum Gasteiger partial charge on any atom is 0.167 e. The molecule has 48 heavy (non-hydrogen) atoms. The highest BCUT2D eigenvalue weighted by Gasteiger charge is 2.38. The number of ether oxygens (including phenoxy) is 2. The lowest BCUT2D eigenvalue weighted by molar-refractivity contribution is 0.342. The molecule has 4 N–H and O–H groups in total. The molecule has 0 aromatic heterocycles. The van der Waals surface area contributed by atoms with E-state index >= 15 is 0 Å². The van der Waals surface area contributed by atoms with Gasteiger partial charge < -0.3 is 20.9 Å². The van der Waals surface area contributed by atoms with Crippen molar-refractivity contribution in [1.82, 2.24) is 0 Å². The first-order valence-corrected chi connectivity index (χ1v) is 18.1. The average Bonchev–Trinajstić information content (AvgIpc) is 3.12. The predicted octanol–water partition coefficient (Wildman–Crippen LogP) is 12.1. The Balaban J connectivity index is 1.31. The Labute approximate surface area is 283 Å².